The molecule has 0 bridgehead atoms. The molecule has 0 spiro atoms. The fraction of sp³-hybridized carbons (Fsp3) is 0.789. The third-order valence-electron chi connectivity index (χ3n) is 4.52. The van der Waals surface area contributed by atoms with E-state index in [1.54, 1.807) is 13.8 Å². The first-order valence-corrected chi connectivity index (χ1v) is 11.6. The topological polar surface area (TPSA) is 80.3 Å². The molecule has 7 nitrogen and oxygen atoms in total. The van der Waals surface area contributed by atoms with Crippen molar-refractivity contribution in [3.05, 3.63) is 11.3 Å². The minimum Gasteiger partial charge on any atom is -0.465 e. The molecule has 0 saturated heterocycles. The van der Waals surface area contributed by atoms with Crippen molar-refractivity contribution in [2.45, 2.75) is 54.4 Å². The van der Waals surface area contributed by atoms with Gasteiger partial charge in [0.2, 0.25) is 0 Å². The highest BCUT2D eigenvalue weighted by Gasteiger charge is 2.56. The first-order valence-electron chi connectivity index (χ1n) is 9.82. The van der Waals surface area contributed by atoms with Gasteiger partial charge < -0.3 is 22.8 Å². The van der Waals surface area contributed by atoms with Crippen LogP contribution in [0.2, 0.25) is 0 Å². The number of carbonyl (C=O) groups excluding carboxylic acids is 2. The molecule has 0 amide bonds. The van der Waals surface area contributed by atoms with Crippen LogP contribution in [-0.2, 0) is 32.3 Å². The summed E-state index contributed by atoms with van der Waals surface area (Å²) in [6.45, 7) is 12.9. The van der Waals surface area contributed by atoms with Gasteiger partial charge in [0, 0.05) is 19.8 Å². The number of allylic oxidation sites excluding steroid dienone is 1. The van der Waals surface area contributed by atoms with Gasteiger partial charge in [-0.25, -0.2) is 0 Å². The minimum absolute atomic E-state index is 0.0212. The third kappa shape index (κ3) is 5.63. The van der Waals surface area contributed by atoms with Crippen molar-refractivity contribution in [2.75, 3.05) is 33.0 Å². The van der Waals surface area contributed by atoms with Gasteiger partial charge in [-0.3, -0.25) is 9.59 Å². The maximum Gasteiger partial charge on any atom is 0.529 e. The van der Waals surface area contributed by atoms with Gasteiger partial charge in [0.1, 0.15) is 0 Å². The Hall–Kier alpha value is -1.22. The summed E-state index contributed by atoms with van der Waals surface area (Å²) < 4.78 is 28.1. The molecule has 0 heterocycles. The fourth-order valence-electron chi connectivity index (χ4n) is 3.46. The number of hydrogen-bond acceptors (Lipinski definition) is 7. The van der Waals surface area contributed by atoms with E-state index in [0.717, 1.165) is 5.57 Å². The van der Waals surface area contributed by atoms with E-state index < -0.39 is 26.2 Å². The summed E-state index contributed by atoms with van der Waals surface area (Å²) in [5.41, 5.74) is 1.49. The second-order valence-corrected chi connectivity index (χ2v) is 8.79. The van der Waals surface area contributed by atoms with E-state index in [4.69, 9.17) is 22.8 Å². The van der Waals surface area contributed by atoms with Crippen molar-refractivity contribution in [2.24, 2.45) is 11.3 Å². The van der Waals surface area contributed by atoms with Crippen LogP contribution in [0.1, 0.15) is 54.4 Å². The van der Waals surface area contributed by atoms with Gasteiger partial charge in [-0.2, -0.15) is 0 Å². The Morgan fingerprint density at radius 2 is 1.37 bits per heavy atom. The summed E-state index contributed by atoms with van der Waals surface area (Å²) in [5, 5.41) is 0. The monoisotopic (exact) mass is 402 g/mol. The van der Waals surface area contributed by atoms with E-state index in [1.807, 2.05) is 33.4 Å². The Balaban J connectivity index is 3.30. The van der Waals surface area contributed by atoms with E-state index in [-0.39, 0.29) is 25.6 Å². The lowest BCUT2D eigenvalue weighted by molar-refractivity contribution is -0.171. The zero-order chi connectivity index (χ0) is 20.5. The quantitative estimate of drug-likeness (QED) is 0.298. The van der Waals surface area contributed by atoms with Crippen LogP contribution in [0.25, 0.3) is 0 Å². The summed E-state index contributed by atoms with van der Waals surface area (Å²) in [6.07, 6.45) is 0.569. The second-order valence-electron chi connectivity index (χ2n) is 6.43. The molecule has 1 unspecified atom stereocenters. The first-order chi connectivity index (χ1) is 12.8. The van der Waals surface area contributed by atoms with E-state index in [0.29, 0.717) is 26.2 Å². The number of hydrogen-bond donors (Lipinski definition) is 0. The molecule has 0 aliphatic heterocycles. The van der Waals surface area contributed by atoms with Crippen LogP contribution >= 0.6 is 0 Å². The van der Waals surface area contributed by atoms with Crippen LogP contribution in [0.4, 0.5) is 0 Å². The van der Waals surface area contributed by atoms with Crippen molar-refractivity contribution < 1.29 is 32.3 Å². The van der Waals surface area contributed by atoms with Crippen molar-refractivity contribution in [1.82, 2.24) is 0 Å². The molecule has 1 aliphatic rings. The van der Waals surface area contributed by atoms with Crippen molar-refractivity contribution in [3.63, 3.8) is 0 Å². The lowest BCUT2D eigenvalue weighted by atomic mass is 9.85. The zero-order valence-corrected chi connectivity index (χ0v) is 18.5. The molecule has 8 heteroatoms. The van der Waals surface area contributed by atoms with Gasteiger partial charge in [-0.15, -0.1) is 0 Å². The van der Waals surface area contributed by atoms with Crippen LogP contribution in [0.15, 0.2) is 11.3 Å². The van der Waals surface area contributed by atoms with Gasteiger partial charge >= 0.3 is 20.7 Å². The minimum atomic E-state index is -3.04. The largest absolute Gasteiger partial charge is 0.529 e. The molecule has 1 fully saturated rings. The maximum atomic E-state index is 12.7. The van der Waals surface area contributed by atoms with Gasteiger partial charge in [-0.05, 0) is 59.1 Å². The number of ether oxygens (including phenoxy) is 2. The molecule has 1 rings (SSSR count). The molecule has 1 aliphatic carbocycles. The van der Waals surface area contributed by atoms with Crippen molar-refractivity contribution in [3.8, 4) is 0 Å². The molecule has 0 N–H and O–H groups in total. The highest BCUT2D eigenvalue weighted by Crippen LogP contribution is 2.47. The zero-order valence-electron chi connectivity index (χ0n) is 17.5. The van der Waals surface area contributed by atoms with Crippen LogP contribution in [0, 0.1) is 11.3 Å². The van der Waals surface area contributed by atoms with Gasteiger partial charge in [0.25, 0.3) is 0 Å². The third-order valence-corrected chi connectivity index (χ3v) is 7.32. The van der Waals surface area contributed by atoms with Crippen LogP contribution in [0.5, 0.6) is 0 Å². The number of carbonyl (C=O) groups is 2. The Morgan fingerprint density at radius 1 is 0.926 bits per heavy atom. The lowest BCUT2D eigenvalue weighted by Gasteiger charge is -2.27. The summed E-state index contributed by atoms with van der Waals surface area (Å²) in [7, 11) is -3.04. The summed E-state index contributed by atoms with van der Waals surface area (Å²) in [5.74, 6) is -1.09. The average molecular weight is 403 g/mol. The molecule has 156 valence electrons. The molecule has 1 atom stereocenters. The van der Waals surface area contributed by atoms with E-state index in [9.17, 15) is 9.59 Å². The fourth-order valence-corrected chi connectivity index (χ4v) is 6.00. The van der Waals surface area contributed by atoms with E-state index in [1.165, 1.54) is 0 Å². The molecule has 0 aromatic carbocycles. The predicted molar refractivity (Wildman–Crippen MR) is 103 cm³/mol. The van der Waals surface area contributed by atoms with Gasteiger partial charge in [0.15, 0.2) is 5.41 Å². The molecule has 0 radical (unpaired) electrons. The average Bonchev–Trinajstić information content (AvgIpc) is 2.94. The first kappa shape index (κ1) is 23.8. The van der Waals surface area contributed by atoms with Crippen LogP contribution < -0.4 is 0 Å². The lowest BCUT2D eigenvalue weighted by Crippen LogP contribution is -2.45. The van der Waals surface area contributed by atoms with Gasteiger partial charge in [-0.1, -0.05) is 12.5 Å². The smallest absolute Gasteiger partial charge is 0.465 e. The van der Waals surface area contributed by atoms with Crippen molar-refractivity contribution in [1.29, 1.82) is 0 Å². The second kappa shape index (κ2) is 10.9. The maximum absolute atomic E-state index is 12.7. The Labute approximate surface area is 163 Å². The van der Waals surface area contributed by atoms with Crippen molar-refractivity contribution >= 4 is 20.7 Å². The molecule has 0 aromatic rings. The molecule has 27 heavy (non-hydrogen) atoms. The Bertz CT molecular complexity index is 497. The molecule has 0 aromatic heterocycles. The summed E-state index contributed by atoms with van der Waals surface area (Å²) >= 11 is 0. The standard InChI is InChI=1S/C19H34O7Si/c1-7-22-17(20)19(18(21)23-8-2)12-15(6)16(13-19)14-27(24-9-3,25-10-4)26-11-5/h14-15H,7-13H2,1-6H3/b16-14-. The SMILES string of the molecule is CCOC(=O)C1(C(=O)OCC)C/C(=C/[Si](OCC)(OCC)OCC)C(C)C1. The summed E-state index contributed by atoms with van der Waals surface area (Å²) in [4.78, 5) is 25.4. The predicted octanol–water partition coefficient (Wildman–Crippen LogP) is 3.04. The Kier molecular flexibility index (Phi) is 9.65. The van der Waals surface area contributed by atoms with E-state index >= 15 is 0 Å². The van der Waals surface area contributed by atoms with Gasteiger partial charge in [0.05, 0.1) is 13.2 Å². The Morgan fingerprint density at radius 3 is 1.74 bits per heavy atom. The highest BCUT2D eigenvalue weighted by atomic mass is 28.4. The summed E-state index contributed by atoms with van der Waals surface area (Å²) in [6, 6.07) is 0. The molecular weight excluding hydrogens is 368 g/mol. The normalized spacial score (nSPS) is 20.7. The molecule has 1 saturated carbocycles. The number of esters is 2. The van der Waals surface area contributed by atoms with Crippen LogP contribution in [-0.4, -0.2) is 53.8 Å². The number of rotatable bonds is 11. The van der Waals surface area contributed by atoms with E-state index in [2.05, 4.69) is 0 Å². The van der Waals surface area contributed by atoms with Crippen LogP contribution in [0.3, 0.4) is 0 Å². The molecular formula is C19H34O7Si. The highest BCUT2D eigenvalue weighted by molar-refractivity contribution is 6.66.